The molecule has 3 aromatic carbocycles. The number of benzene rings is 3. The van der Waals surface area contributed by atoms with Crippen LogP contribution in [0, 0.1) is 0 Å². The van der Waals surface area contributed by atoms with Gasteiger partial charge in [0.1, 0.15) is 5.75 Å². The molecule has 3 aromatic rings. The van der Waals surface area contributed by atoms with Gasteiger partial charge in [-0.3, -0.25) is 0 Å². The average Bonchev–Trinajstić information content (AvgIpc) is 2.68. The Morgan fingerprint density at radius 3 is 1.88 bits per heavy atom. The monoisotopic (exact) mass is 332 g/mol. The van der Waals surface area contributed by atoms with E-state index in [1.54, 1.807) is 0 Å². The van der Waals surface area contributed by atoms with Gasteiger partial charge in [0, 0.05) is 6.42 Å². The van der Waals surface area contributed by atoms with Crippen molar-refractivity contribution >= 4 is 0 Å². The molecule has 0 aliphatic rings. The van der Waals surface area contributed by atoms with E-state index in [0.29, 0.717) is 13.0 Å². The molecule has 0 amide bonds. The first-order chi connectivity index (χ1) is 12.3. The highest BCUT2D eigenvalue weighted by molar-refractivity contribution is 5.27. The Labute approximate surface area is 150 Å². The maximum absolute atomic E-state index is 6.12. The maximum Gasteiger partial charge on any atom is 0.204 e. The highest BCUT2D eigenvalue weighted by atomic mass is 16.7. The Morgan fingerprint density at radius 1 is 0.680 bits per heavy atom. The van der Waals surface area contributed by atoms with Crippen molar-refractivity contribution in [3.05, 3.63) is 102 Å². The van der Waals surface area contributed by atoms with Crippen molar-refractivity contribution in [2.75, 3.05) is 0 Å². The largest absolute Gasteiger partial charge is 0.465 e. The second-order valence-corrected chi connectivity index (χ2v) is 6.03. The molecule has 0 aliphatic heterocycles. The summed E-state index contributed by atoms with van der Waals surface area (Å²) in [5, 5.41) is 0. The minimum absolute atomic E-state index is 0.324. The summed E-state index contributed by atoms with van der Waals surface area (Å²) in [7, 11) is 0. The zero-order valence-electron chi connectivity index (χ0n) is 14.6. The van der Waals surface area contributed by atoms with Crippen LogP contribution >= 0.6 is 0 Å². The molecule has 0 radical (unpaired) electrons. The molecule has 0 aromatic heterocycles. The molecule has 0 heterocycles. The highest BCUT2D eigenvalue weighted by Crippen LogP contribution is 2.18. The van der Waals surface area contributed by atoms with Gasteiger partial charge in [-0.1, -0.05) is 79.7 Å². The van der Waals surface area contributed by atoms with Gasteiger partial charge in [-0.05, 0) is 35.2 Å². The number of aryl methyl sites for hydroxylation is 1. The third-order valence-electron chi connectivity index (χ3n) is 4.12. The minimum Gasteiger partial charge on any atom is -0.465 e. The molecule has 1 unspecified atom stereocenters. The van der Waals surface area contributed by atoms with E-state index in [-0.39, 0.29) is 6.29 Å². The first-order valence-electron chi connectivity index (χ1n) is 8.78. The quantitative estimate of drug-likeness (QED) is 0.513. The van der Waals surface area contributed by atoms with Crippen LogP contribution in [0.4, 0.5) is 0 Å². The van der Waals surface area contributed by atoms with Gasteiger partial charge in [0.15, 0.2) is 0 Å². The molecule has 0 saturated carbocycles. The lowest BCUT2D eigenvalue weighted by molar-refractivity contribution is -0.0880. The fraction of sp³-hybridized carbons (Fsp3) is 0.217. The summed E-state index contributed by atoms with van der Waals surface area (Å²) >= 11 is 0. The zero-order valence-corrected chi connectivity index (χ0v) is 14.6. The molecule has 2 heteroatoms. The lowest BCUT2D eigenvalue weighted by Crippen LogP contribution is -2.23. The predicted molar refractivity (Wildman–Crippen MR) is 102 cm³/mol. The Morgan fingerprint density at radius 2 is 1.28 bits per heavy atom. The van der Waals surface area contributed by atoms with Crippen LogP contribution in [0.5, 0.6) is 5.75 Å². The van der Waals surface area contributed by atoms with E-state index in [0.717, 1.165) is 17.7 Å². The van der Waals surface area contributed by atoms with Crippen LogP contribution in [-0.4, -0.2) is 6.29 Å². The molecule has 0 saturated heterocycles. The Kier molecular flexibility index (Phi) is 6.24. The molecular formula is C23H24O2. The Hall–Kier alpha value is -2.58. The summed E-state index contributed by atoms with van der Waals surface area (Å²) in [6.07, 6.45) is 1.41. The smallest absolute Gasteiger partial charge is 0.204 e. The number of ether oxygens (including phenoxy) is 2. The van der Waals surface area contributed by atoms with Crippen LogP contribution in [-0.2, 0) is 24.2 Å². The fourth-order valence-corrected chi connectivity index (χ4v) is 2.66. The van der Waals surface area contributed by atoms with Crippen molar-refractivity contribution in [1.29, 1.82) is 0 Å². The SMILES string of the molecule is CCc1ccc(OC(Cc2ccccc2)OCc2ccccc2)cc1. The van der Waals surface area contributed by atoms with E-state index >= 15 is 0 Å². The molecule has 0 aliphatic carbocycles. The maximum atomic E-state index is 6.12. The molecular weight excluding hydrogens is 308 g/mol. The van der Waals surface area contributed by atoms with Crippen molar-refractivity contribution in [3.63, 3.8) is 0 Å². The summed E-state index contributed by atoms with van der Waals surface area (Å²) in [6.45, 7) is 2.68. The van der Waals surface area contributed by atoms with Gasteiger partial charge in [-0.25, -0.2) is 0 Å². The van der Waals surface area contributed by atoms with Gasteiger partial charge in [-0.15, -0.1) is 0 Å². The lowest BCUT2D eigenvalue weighted by atomic mass is 10.1. The summed E-state index contributed by atoms with van der Waals surface area (Å²) < 4.78 is 12.2. The van der Waals surface area contributed by atoms with Gasteiger partial charge in [0.05, 0.1) is 6.61 Å². The molecule has 0 spiro atoms. The van der Waals surface area contributed by atoms with E-state index in [9.17, 15) is 0 Å². The lowest BCUT2D eigenvalue weighted by Gasteiger charge is -2.20. The normalized spacial score (nSPS) is 11.9. The topological polar surface area (TPSA) is 18.5 Å². The van der Waals surface area contributed by atoms with Gasteiger partial charge in [0.2, 0.25) is 6.29 Å². The van der Waals surface area contributed by atoms with Crippen molar-refractivity contribution in [1.82, 2.24) is 0 Å². The first kappa shape index (κ1) is 17.2. The van der Waals surface area contributed by atoms with E-state index in [4.69, 9.17) is 9.47 Å². The van der Waals surface area contributed by atoms with Crippen LogP contribution in [0.3, 0.4) is 0 Å². The van der Waals surface area contributed by atoms with E-state index in [1.165, 1.54) is 11.1 Å². The second kappa shape index (κ2) is 9.05. The highest BCUT2D eigenvalue weighted by Gasteiger charge is 2.12. The van der Waals surface area contributed by atoms with Gasteiger partial charge >= 0.3 is 0 Å². The molecule has 0 bridgehead atoms. The molecule has 2 nitrogen and oxygen atoms in total. The molecule has 1 atom stereocenters. The minimum atomic E-state index is -0.324. The zero-order chi connectivity index (χ0) is 17.3. The van der Waals surface area contributed by atoms with Crippen LogP contribution in [0.15, 0.2) is 84.9 Å². The van der Waals surface area contributed by atoms with Crippen molar-refractivity contribution in [2.45, 2.75) is 32.7 Å². The average molecular weight is 332 g/mol. The molecule has 0 fully saturated rings. The van der Waals surface area contributed by atoms with Crippen molar-refractivity contribution in [3.8, 4) is 5.75 Å². The molecule has 128 valence electrons. The van der Waals surface area contributed by atoms with Crippen molar-refractivity contribution in [2.24, 2.45) is 0 Å². The molecule has 0 N–H and O–H groups in total. The third kappa shape index (κ3) is 5.47. The molecule has 3 rings (SSSR count). The second-order valence-electron chi connectivity index (χ2n) is 6.03. The Bertz CT molecular complexity index is 736. The van der Waals surface area contributed by atoms with Crippen LogP contribution in [0.1, 0.15) is 23.6 Å². The fourth-order valence-electron chi connectivity index (χ4n) is 2.66. The summed E-state index contributed by atoms with van der Waals surface area (Å²) in [5.74, 6) is 0.839. The van der Waals surface area contributed by atoms with Crippen LogP contribution in [0.25, 0.3) is 0 Å². The third-order valence-corrected chi connectivity index (χ3v) is 4.12. The van der Waals surface area contributed by atoms with Gasteiger partial charge in [0.25, 0.3) is 0 Å². The first-order valence-corrected chi connectivity index (χ1v) is 8.78. The summed E-state index contributed by atoms with van der Waals surface area (Å²) in [4.78, 5) is 0. The van der Waals surface area contributed by atoms with Gasteiger partial charge < -0.3 is 9.47 Å². The van der Waals surface area contributed by atoms with E-state index < -0.39 is 0 Å². The van der Waals surface area contributed by atoms with Crippen molar-refractivity contribution < 1.29 is 9.47 Å². The van der Waals surface area contributed by atoms with E-state index in [2.05, 4.69) is 43.3 Å². The Balaban J connectivity index is 1.68. The standard InChI is InChI=1S/C23H24O2/c1-2-19-13-15-22(16-14-19)25-23(17-20-9-5-3-6-10-20)24-18-21-11-7-4-8-12-21/h3-16,23H,2,17-18H2,1H3. The van der Waals surface area contributed by atoms with Gasteiger partial charge in [-0.2, -0.15) is 0 Å². The number of rotatable bonds is 8. The summed E-state index contributed by atoms with van der Waals surface area (Å²) in [5.41, 5.74) is 3.65. The number of hydrogen-bond acceptors (Lipinski definition) is 2. The molecule has 25 heavy (non-hydrogen) atoms. The van der Waals surface area contributed by atoms with Crippen LogP contribution in [0.2, 0.25) is 0 Å². The number of hydrogen-bond donors (Lipinski definition) is 0. The predicted octanol–water partition coefficient (Wildman–Crippen LogP) is 5.41. The summed E-state index contributed by atoms with van der Waals surface area (Å²) in [6, 6.07) is 28.7. The van der Waals surface area contributed by atoms with E-state index in [1.807, 2.05) is 48.5 Å². The van der Waals surface area contributed by atoms with Crippen LogP contribution < -0.4 is 4.74 Å².